The van der Waals surface area contributed by atoms with E-state index < -0.39 is 17.5 Å². The van der Waals surface area contributed by atoms with Gasteiger partial charge >= 0.3 is 6.18 Å². The molecule has 0 fully saturated rings. The van der Waals surface area contributed by atoms with Crippen LogP contribution in [0.15, 0.2) is 64.1 Å². The first-order chi connectivity index (χ1) is 14.5. The normalized spacial score (nSPS) is 13.0. The van der Waals surface area contributed by atoms with Crippen molar-refractivity contribution in [3.05, 3.63) is 77.5 Å². The predicted octanol–water partition coefficient (Wildman–Crippen LogP) is 6.42. The van der Waals surface area contributed by atoms with Crippen LogP contribution in [-0.4, -0.2) is 10.1 Å². The molecule has 4 nitrogen and oxygen atoms in total. The van der Waals surface area contributed by atoms with Gasteiger partial charge < -0.3 is 8.94 Å². The minimum Gasteiger partial charge on any atom is -0.433 e. The molecule has 2 aromatic carbocycles. The number of benzene rings is 2. The molecular formula is C23H15F3N2O2. The van der Waals surface area contributed by atoms with Gasteiger partial charge in [0.2, 0.25) is 5.76 Å². The molecule has 1 aliphatic rings. The van der Waals surface area contributed by atoms with Gasteiger partial charge in [0.15, 0.2) is 5.76 Å². The van der Waals surface area contributed by atoms with Crippen molar-refractivity contribution in [3.8, 4) is 34.2 Å². The van der Waals surface area contributed by atoms with Gasteiger partial charge in [0.1, 0.15) is 11.3 Å². The average Bonchev–Trinajstić information content (AvgIpc) is 3.38. The molecule has 2 heterocycles. The number of nitrogens with zero attached hydrogens (tertiary/aromatic N) is 2. The number of alkyl halides is 3. The van der Waals surface area contributed by atoms with Crippen LogP contribution in [0.1, 0.15) is 22.4 Å². The van der Waals surface area contributed by atoms with Crippen molar-refractivity contribution in [3.63, 3.8) is 0 Å². The fourth-order valence-electron chi connectivity index (χ4n) is 3.74. The Kier molecular flexibility index (Phi) is 4.13. The van der Waals surface area contributed by atoms with Crippen LogP contribution >= 0.6 is 0 Å². The first-order valence-corrected chi connectivity index (χ1v) is 9.34. The number of fused-ring (bicyclic) bond motifs is 3. The van der Waals surface area contributed by atoms with Crippen LogP contribution < -0.4 is 0 Å². The SMILES string of the molecule is C=Cc1ccc2c(c1)CCc1nc(-c3onc(-c4ccccc4)c3C(F)(F)F)oc1-2. The number of hydrogen-bond acceptors (Lipinski definition) is 4. The van der Waals surface area contributed by atoms with Crippen molar-refractivity contribution >= 4 is 6.08 Å². The van der Waals surface area contributed by atoms with Gasteiger partial charge in [-0.1, -0.05) is 66.3 Å². The lowest BCUT2D eigenvalue weighted by molar-refractivity contribution is -0.136. The molecular weight excluding hydrogens is 393 g/mol. The average molecular weight is 408 g/mol. The van der Waals surface area contributed by atoms with E-state index in [1.807, 2.05) is 18.2 Å². The largest absolute Gasteiger partial charge is 0.433 e. The van der Waals surface area contributed by atoms with Gasteiger partial charge in [0, 0.05) is 11.1 Å². The fraction of sp³-hybridized carbons (Fsp3) is 0.130. The Morgan fingerprint density at radius 2 is 1.80 bits per heavy atom. The van der Waals surface area contributed by atoms with Crippen LogP contribution in [0.25, 0.3) is 40.3 Å². The molecule has 5 rings (SSSR count). The molecule has 30 heavy (non-hydrogen) atoms. The van der Waals surface area contributed by atoms with Crippen molar-refractivity contribution < 1.29 is 22.1 Å². The van der Waals surface area contributed by atoms with Crippen molar-refractivity contribution in [2.45, 2.75) is 19.0 Å². The number of rotatable bonds is 3. The molecule has 0 amide bonds. The van der Waals surface area contributed by atoms with Gasteiger partial charge in [0.05, 0.1) is 5.69 Å². The summed E-state index contributed by atoms with van der Waals surface area (Å²) in [5.41, 5.74) is 2.46. The van der Waals surface area contributed by atoms with Crippen LogP contribution in [-0.2, 0) is 19.0 Å². The van der Waals surface area contributed by atoms with Crippen molar-refractivity contribution in [1.82, 2.24) is 10.1 Å². The zero-order valence-electron chi connectivity index (χ0n) is 15.7. The maximum atomic E-state index is 13.9. The standard InChI is InChI=1S/C23H15F3N2O2/c1-2-13-8-10-16-15(12-13)9-11-17-20(16)29-22(27-17)21-18(23(24,25)26)19(28-30-21)14-6-4-3-5-7-14/h2-8,10,12H,1,9,11H2. The molecule has 2 aromatic heterocycles. The first kappa shape index (κ1) is 18.4. The van der Waals surface area contributed by atoms with E-state index in [4.69, 9.17) is 8.94 Å². The van der Waals surface area contributed by atoms with Crippen molar-refractivity contribution in [2.24, 2.45) is 0 Å². The number of halogens is 3. The van der Waals surface area contributed by atoms with Crippen LogP contribution in [0, 0.1) is 0 Å². The predicted molar refractivity (Wildman–Crippen MR) is 105 cm³/mol. The lowest BCUT2D eigenvalue weighted by atomic mass is 9.91. The summed E-state index contributed by atoms with van der Waals surface area (Å²) in [7, 11) is 0. The minimum atomic E-state index is -4.69. The number of oxazole rings is 1. The summed E-state index contributed by atoms with van der Waals surface area (Å²) in [5.74, 6) is -0.268. The van der Waals surface area contributed by atoms with Crippen LogP contribution in [0.4, 0.5) is 13.2 Å². The maximum absolute atomic E-state index is 13.9. The molecule has 0 saturated heterocycles. The number of hydrogen-bond donors (Lipinski definition) is 0. The summed E-state index contributed by atoms with van der Waals surface area (Å²) in [5, 5.41) is 3.70. The van der Waals surface area contributed by atoms with Crippen LogP contribution in [0.5, 0.6) is 0 Å². The molecule has 7 heteroatoms. The van der Waals surface area contributed by atoms with Gasteiger partial charge in [-0.25, -0.2) is 4.98 Å². The van der Waals surface area contributed by atoms with E-state index in [1.165, 1.54) is 0 Å². The third-order valence-electron chi connectivity index (χ3n) is 5.16. The Morgan fingerprint density at radius 1 is 1.00 bits per heavy atom. The zero-order chi connectivity index (χ0) is 20.9. The minimum absolute atomic E-state index is 0.220. The molecule has 0 radical (unpaired) electrons. The van der Waals surface area contributed by atoms with Gasteiger partial charge in [-0.15, -0.1) is 0 Å². The van der Waals surface area contributed by atoms with Gasteiger partial charge in [-0.2, -0.15) is 13.2 Å². The van der Waals surface area contributed by atoms with E-state index in [9.17, 15) is 13.2 Å². The summed E-state index contributed by atoms with van der Waals surface area (Å²) in [6.45, 7) is 3.77. The number of aromatic nitrogens is 2. The van der Waals surface area contributed by atoms with E-state index in [-0.39, 0.29) is 11.6 Å². The fourth-order valence-corrected chi connectivity index (χ4v) is 3.74. The molecule has 1 aliphatic carbocycles. The molecule has 150 valence electrons. The lowest BCUT2D eigenvalue weighted by Crippen LogP contribution is -2.07. The third kappa shape index (κ3) is 2.94. The molecule has 0 unspecified atom stereocenters. The summed E-state index contributed by atoms with van der Waals surface area (Å²) in [6.07, 6.45) is -1.66. The summed E-state index contributed by atoms with van der Waals surface area (Å²) in [6, 6.07) is 13.8. The third-order valence-corrected chi connectivity index (χ3v) is 5.16. The van der Waals surface area contributed by atoms with Crippen LogP contribution in [0.3, 0.4) is 0 Å². The molecule has 0 spiro atoms. The van der Waals surface area contributed by atoms with Gasteiger partial charge in [-0.05, 0) is 24.0 Å². The lowest BCUT2D eigenvalue weighted by Gasteiger charge is -2.14. The molecule has 0 atom stereocenters. The second kappa shape index (κ2) is 6.73. The van der Waals surface area contributed by atoms with E-state index in [0.717, 1.165) is 16.7 Å². The van der Waals surface area contributed by atoms with Gasteiger partial charge in [-0.3, -0.25) is 0 Å². The van der Waals surface area contributed by atoms with Crippen LogP contribution in [0.2, 0.25) is 0 Å². The molecule has 0 N–H and O–H groups in total. The van der Waals surface area contributed by atoms with E-state index in [0.29, 0.717) is 29.9 Å². The Bertz CT molecular complexity index is 1250. The Hall–Kier alpha value is -3.61. The Morgan fingerprint density at radius 3 is 2.53 bits per heavy atom. The maximum Gasteiger partial charge on any atom is 0.422 e. The topological polar surface area (TPSA) is 52.1 Å². The second-order valence-corrected chi connectivity index (χ2v) is 7.01. The second-order valence-electron chi connectivity index (χ2n) is 7.01. The Labute approximate surface area is 169 Å². The highest BCUT2D eigenvalue weighted by Crippen LogP contribution is 2.45. The highest BCUT2D eigenvalue weighted by molar-refractivity contribution is 5.74. The number of aryl methyl sites for hydroxylation is 2. The highest BCUT2D eigenvalue weighted by atomic mass is 19.4. The quantitative estimate of drug-likeness (QED) is 0.392. The zero-order valence-corrected chi connectivity index (χ0v) is 15.7. The summed E-state index contributed by atoms with van der Waals surface area (Å²) in [4.78, 5) is 4.32. The smallest absolute Gasteiger partial charge is 0.422 e. The molecule has 4 aromatic rings. The molecule has 0 aliphatic heterocycles. The van der Waals surface area contributed by atoms with Crippen molar-refractivity contribution in [2.75, 3.05) is 0 Å². The molecule has 0 bridgehead atoms. The van der Waals surface area contributed by atoms with E-state index in [2.05, 4.69) is 16.7 Å². The van der Waals surface area contributed by atoms with E-state index in [1.54, 1.807) is 36.4 Å². The highest BCUT2D eigenvalue weighted by Gasteiger charge is 2.43. The monoisotopic (exact) mass is 408 g/mol. The molecule has 0 saturated carbocycles. The van der Waals surface area contributed by atoms with E-state index >= 15 is 0 Å². The van der Waals surface area contributed by atoms with Crippen molar-refractivity contribution in [1.29, 1.82) is 0 Å². The first-order valence-electron chi connectivity index (χ1n) is 9.34. The Balaban J connectivity index is 1.65. The summed E-state index contributed by atoms with van der Waals surface area (Å²) < 4.78 is 52.8. The van der Waals surface area contributed by atoms with Gasteiger partial charge in [0.25, 0.3) is 5.89 Å². The summed E-state index contributed by atoms with van der Waals surface area (Å²) >= 11 is 0.